The first kappa shape index (κ1) is 16.7. The zero-order valence-corrected chi connectivity index (χ0v) is 12.6. The summed E-state index contributed by atoms with van der Waals surface area (Å²) >= 11 is 0. The molecular weight excluding hydrogens is 264 g/mol. The molecule has 2 N–H and O–H groups in total. The second-order valence-corrected chi connectivity index (χ2v) is 5.46. The summed E-state index contributed by atoms with van der Waals surface area (Å²) in [7, 11) is 1.58. The summed E-state index contributed by atoms with van der Waals surface area (Å²) in [6.07, 6.45) is 0.707. The molecule has 0 saturated carbocycles. The predicted molar refractivity (Wildman–Crippen MR) is 72.7 cm³/mol. The van der Waals surface area contributed by atoms with E-state index >= 15 is 0 Å². The average Bonchev–Trinajstić information content (AvgIpc) is 2.86. The van der Waals surface area contributed by atoms with Crippen molar-refractivity contribution < 1.29 is 24.2 Å². The van der Waals surface area contributed by atoms with Gasteiger partial charge < -0.3 is 24.8 Å². The Kier molecular flexibility index (Phi) is 5.35. The van der Waals surface area contributed by atoms with Crippen LogP contribution in [0.15, 0.2) is 0 Å². The average molecular weight is 288 g/mol. The van der Waals surface area contributed by atoms with Crippen LogP contribution in [0, 0.1) is 0 Å². The van der Waals surface area contributed by atoms with Gasteiger partial charge in [-0.3, -0.25) is 0 Å². The summed E-state index contributed by atoms with van der Waals surface area (Å²) in [6, 6.07) is -0.414. The van der Waals surface area contributed by atoms with Crippen molar-refractivity contribution in [1.82, 2.24) is 10.2 Å². The van der Waals surface area contributed by atoms with E-state index in [0.29, 0.717) is 32.7 Å². The lowest BCUT2D eigenvalue weighted by Crippen LogP contribution is -2.58. The molecule has 1 unspecified atom stereocenters. The predicted octanol–water partition coefficient (Wildman–Crippen LogP) is 0.687. The molecule has 7 nitrogen and oxygen atoms in total. The summed E-state index contributed by atoms with van der Waals surface area (Å²) in [5.41, 5.74) is -1.77. The third-order valence-electron chi connectivity index (χ3n) is 3.82. The summed E-state index contributed by atoms with van der Waals surface area (Å²) < 4.78 is 10.7. The minimum Gasteiger partial charge on any atom is -0.480 e. The Labute approximate surface area is 119 Å². The lowest BCUT2D eigenvalue weighted by molar-refractivity contribution is -0.147. The third kappa shape index (κ3) is 3.40. The van der Waals surface area contributed by atoms with Gasteiger partial charge in [-0.1, -0.05) is 0 Å². The number of amides is 2. The zero-order valence-electron chi connectivity index (χ0n) is 12.6. The van der Waals surface area contributed by atoms with Gasteiger partial charge in [0.1, 0.15) is 11.1 Å². The van der Waals surface area contributed by atoms with Gasteiger partial charge in [-0.2, -0.15) is 0 Å². The molecule has 0 spiro atoms. The molecule has 0 bridgehead atoms. The molecule has 1 aliphatic heterocycles. The van der Waals surface area contributed by atoms with Gasteiger partial charge in [-0.25, -0.2) is 9.59 Å². The molecule has 7 heteroatoms. The zero-order chi connectivity index (χ0) is 15.4. The number of likely N-dealkylation sites (N-methyl/N-ethyl adjacent to an activating group) is 1. The number of carbonyl (C=O) groups is 2. The van der Waals surface area contributed by atoms with E-state index in [2.05, 4.69) is 5.32 Å². The van der Waals surface area contributed by atoms with Gasteiger partial charge in [0.15, 0.2) is 0 Å². The minimum absolute atomic E-state index is 0.300. The standard InChI is InChI=1S/C13H24N2O5/c1-5-15(12(2,3)10(16)17)11(18)14-8-13(19-4)6-7-20-9-13/h5-9H2,1-4H3,(H,14,18)(H,16,17). The van der Waals surface area contributed by atoms with Crippen molar-refractivity contribution in [3.05, 3.63) is 0 Å². The van der Waals surface area contributed by atoms with Crippen LogP contribution < -0.4 is 5.32 Å². The van der Waals surface area contributed by atoms with E-state index < -0.39 is 23.1 Å². The van der Waals surface area contributed by atoms with Crippen LogP contribution in [-0.4, -0.2) is 66.6 Å². The first-order valence-corrected chi connectivity index (χ1v) is 6.71. The van der Waals surface area contributed by atoms with Crippen molar-refractivity contribution in [2.75, 3.05) is 33.4 Å². The van der Waals surface area contributed by atoms with Gasteiger partial charge in [0.2, 0.25) is 0 Å². The quantitative estimate of drug-likeness (QED) is 0.750. The van der Waals surface area contributed by atoms with E-state index in [4.69, 9.17) is 9.47 Å². The molecule has 1 fully saturated rings. The Bertz CT molecular complexity index is 364. The Morgan fingerprint density at radius 3 is 2.55 bits per heavy atom. The molecule has 1 atom stereocenters. The summed E-state index contributed by atoms with van der Waals surface area (Å²) in [5, 5.41) is 11.9. The van der Waals surface area contributed by atoms with Crippen molar-refractivity contribution in [2.45, 2.75) is 38.3 Å². The van der Waals surface area contributed by atoms with E-state index in [1.807, 2.05) is 0 Å². The van der Waals surface area contributed by atoms with Crippen LogP contribution in [0.3, 0.4) is 0 Å². The number of nitrogens with zero attached hydrogens (tertiary/aromatic N) is 1. The molecule has 0 aliphatic carbocycles. The Balaban J connectivity index is 2.67. The highest BCUT2D eigenvalue weighted by molar-refractivity contribution is 5.85. The number of ether oxygens (including phenoxy) is 2. The lowest BCUT2D eigenvalue weighted by Gasteiger charge is -2.35. The third-order valence-corrected chi connectivity index (χ3v) is 3.82. The lowest BCUT2D eigenvalue weighted by atomic mass is 10.0. The fraction of sp³-hybridized carbons (Fsp3) is 0.846. The molecule has 0 radical (unpaired) electrons. The number of carbonyl (C=O) groups excluding carboxylic acids is 1. The minimum atomic E-state index is -1.26. The second kappa shape index (κ2) is 6.41. The summed E-state index contributed by atoms with van der Waals surface area (Å²) in [5.74, 6) is -1.04. The number of nitrogens with one attached hydrogen (secondary N) is 1. The number of urea groups is 1. The van der Waals surface area contributed by atoms with E-state index in [1.165, 1.54) is 18.7 Å². The number of rotatable bonds is 6. The first-order valence-electron chi connectivity index (χ1n) is 6.71. The molecule has 116 valence electrons. The fourth-order valence-corrected chi connectivity index (χ4v) is 2.20. The monoisotopic (exact) mass is 288 g/mol. The molecule has 1 rings (SSSR count). The highest BCUT2D eigenvalue weighted by atomic mass is 16.5. The van der Waals surface area contributed by atoms with Gasteiger partial charge in [-0.15, -0.1) is 0 Å². The molecule has 0 aromatic rings. The molecule has 1 saturated heterocycles. The molecular formula is C13H24N2O5. The number of hydrogen-bond donors (Lipinski definition) is 2. The maximum absolute atomic E-state index is 12.2. The van der Waals surface area contributed by atoms with Crippen LogP contribution >= 0.6 is 0 Å². The first-order chi connectivity index (χ1) is 9.29. The Hall–Kier alpha value is -1.34. The molecule has 1 aliphatic rings. The van der Waals surface area contributed by atoms with Gasteiger partial charge in [0.05, 0.1) is 13.2 Å². The summed E-state index contributed by atoms with van der Waals surface area (Å²) in [4.78, 5) is 24.7. The van der Waals surface area contributed by atoms with E-state index in [0.717, 1.165) is 0 Å². The van der Waals surface area contributed by atoms with E-state index in [1.54, 1.807) is 14.0 Å². The number of methoxy groups -OCH3 is 1. The van der Waals surface area contributed by atoms with Crippen molar-refractivity contribution in [3.63, 3.8) is 0 Å². The molecule has 1 heterocycles. The van der Waals surface area contributed by atoms with Gasteiger partial charge >= 0.3 is 12.0 Å². The largest absolute Gasteiger partial charge is 0.480 e. The molecule has 20 heavy (non-hydrogen) atoms. The van der Waals surface area contributed by atoms with Crippen molar-refractivity contribution in [1.29, 1.82) is 0 Å². The van der Waals surface area contributed by atoms with Crippen LogP contribution in [0.4, 0.5) is 4.79 Å². The Morgan fingerprint density at radius 1 is 1.50 bits per heavy atom. The molecule has 0 aromatic heterocycles. The highest BCUT2D eigenvalue weighted by Gasteiger charge is 2.39. The smallest absolute Gasteiger partial charge is 0.329 e. The molecule has 2 amide bonds. The second-order valence-electron chi connectivity index (χ2n) is 5.46. The fourth-order valence-electron chi connectivity index (χ4n) is 2.20. The van der Waals surface area contributed by atoms with Crippen LogP contribution in [-0.2, 0) is 14.3 Å². The van der Waals surface area contributed by atoms with Gasteiger partial charge in [-0.05, 0) is 20.8 Å². The van der Waals surface area contributed by atoms with Crippen molar-refractivity contribution >= 4 is 12.0 Å². The number of hydrogen-bond acceptors (Lipinski definition) is 4. The van der Waals surface area contributed by atoms with Gasteiger partial charge in [0, 0.05) is 26.7 Å². The number of carboxylic acids is 1. The van der Waals surface area contributed by atoms with Crippen LogP contribution in [0.25, 0.3) is 0 Å². The number of aliphatic carboxylic acids is 1. The van der Waals surface area contributed by atoms with Gasteiger partial charge in [0.25, 0.3) is 0 Å². The van der Waals surface area contributed by atoms with E-state index in [-0.39, 0.29) is 0 Å². The van der Waals surface area contributed by atoms with Crippen LogP contribution in [0.1, 0.15) is 27.2 Å². The SMILES string of the molecule is CCN(C(=O)NCC1(OC)CCOC1)C(C)(C)C(=O)O. The summed E-state index contributed by atoms with van der Waals surface area (Å²) in [6.45, 7) is 6.39. The maximum Gasteiger partial charge on any atom is 0.329 e. The maximum atomic E-state index is 12.2. The van der Waals surface area contributed by atoms with Crippen molar-refractivity contribution in [3.8, 4) is 0 Å². The van der Waals surface area contributed by atoms with Crippen LogP contribution in [0.2, 0.25) is 0 Å². The van der Waals surface area contributed by atoms with Crippen LogP contribution in [0.5, 0.6) is 0 Å². The highest BCUT2D eigenvalue weighted by Crippen LogP contribution is 2.22. The molecule has 0 aromatic carbocycles. The van der Waals surface area contributed by atoms with Crippen molar-refractivity contribution in [2.24, 2.45) is 0 Å². The topological polar surface area (TPSA) is 88.1 Å². The normalized spacial score (nSPS) is 22.6. The van der Waals surface area contributed by atoms with E-state index in [9.17, 15) is 14.7 Å². The number of carboxylic acid groups (broad SMARTS) is 1. The Morgan fingerprint density at radius 2 is 2.15 bits per heavy atom.